The van der Waals surface area contributed by atoms with Crippen molar-refractivity contribution >= 4 is 5.69 Å². The third kappa shape index (κ3) is 1.73. The lowest BCUT2D eigenvalue weighted by atomic mass is 10.0. The maximum absolute atomic E-state index is 13.2. The van der Waals surface area contributed by atoms with Crippen LogP contribution in [0.15, 0.2) is 12.1 Å². The Hall–Kier alpha value is -1.45. The van der Waals surface area contributed by atoms with E-state index in [-0.39, 0.29) is 11.3 Å². The normalized spacial score (nSPS) is 10.2. The van der Waals surface area contributed by atoms with Gasteiger partial charge in [-0.2, -0.15) is 0 Å². The number of benzene rings is 1. The second kappa shape index (κ2) is 4.17. The highest BCUT2D eigenvalue weighted by Crippen LogP contribution is 2.27. The number of hydrogen-bond donors (Lipinski definition) is 0. The van der Waals surface area contributed by atoms with Crippen LogP contribution in [0.1, 0.15) is 25.0 Å². The molecule has 0 heterocycles. The van der Waals surface area contributed by atoms with Gasteiger partial charge in [0.1, 0.15) is 5.82 Å². The zero-order valence-corrected chi connectivity index (χ0v) is 8.21. The van der Waals surface area contributed by atoms with Crippen LogP contribution in [-0.2, 0) is 12.8 Å². The molecule has 0 radical (unpaired) electrons. The van der Waals surface area contributed by atoms with Crippen LogP contribution in [0, 0.1) is 15.9 Å². The fraction of sp³-hybridized carbons (Fsp3) is 0.400. The Morgan fingerprint density at radius 1 is 1.36 bits per heavy atom. The van der Waals surface area contributed by atoms with E-state index in [1.807, 2.05) is 6.92 Å². The highest BCUT2D eigenvalue weighted by molar-refractivity contribution is 5.48. The zero-order valence-electron chi connectivity index (χ0n) is 8.21. The molecule has 0 bridgehead atoms. The molecular weight excluding hydrogens is 185 g/mol. The minimum atomic E-state index is -0.499. The molecule has 0 fully saturated rings. The van der Waals surface area contributed by atoms with E-state index in [9.17, 15) is 14.5 Å². The van der Waals surface area contributed by atoms with Crippen LogP contribution < -0.4 is 0 Å². The van der Waals surface area contributed by atoms with Crippen molar-refractivity contribution in [3.05, 3.63) is 39.2 Å². The number of halogens is 1. The lowest BCUT2D eigenvalue weighted by molar-refractivity contribution is -0.386. The molecule has 0 aliphatic carbocycles. The van der Waals surface area contributed by atoms with E-state index in [0.29, 0.717) is 18.4 Å². The number of aryl methyl sites for hydroxylation is 1. The van der Waals surface area contributed by atoms with Gasteiger partial charge in [-0.05, 0) is 25.0 Å². The lowest BCUT2D eigenvalue weighted by Gasteiger charge is -2.05. The smallest absolute Gasteiger partial charge is 0.258 e. The predicted octanol–water partition coefficient (Wildman–Crippen LogP) is 2.86. The molecule has 4 heteroatoms. The Morgan fingerprint density at radius 2 is 2.00 bits per heavy atom. The third-order valence-corrected chi connectivity index (χ3v) is 2.23. The first-order valence-electron chi connectivity index (χ1n) is 4.56. The summed E-state index contributed by atoms with van der Waals surface area (Å²) in [5, 5.41) is 10.8. The van der Waals surface area contributed by atoms with Gasteiger partial charge in [-0.15, -0.1) is 0 Å². The van der Waals surface area contributed by atoms with Crippen LogP contribution in [0.4, 0.5) is 10.1 Å². The first-order chi connectivity index (χ1) is 6.61. The van der Waals surface area contributed by atoms with Crippen molar-refractivity contribution in [3.8, 4) is 0 Å². The van der Waals surface area contributed by atoms with Gasteiger partial charge in [-0.25, -0.2) is 4.39 Å². The number of nitrogens with zero attached hydrogens (tertiary/aromatic N) is 1. The summed E-state index contributed by atoms with van der Waals surface area (Å²) in [5.74, 6) is -0.489. The average Bonchev–Trinajstić information content (AvgIpc) is 2.17. The Kier molecular flexibility index (Phi) is 3.17. The fourth-order valence-electron chi connectivity index (χ4n) is 1.51. The molecule has 76 valence electrons. The molecule has 3 nitrogen and oxygen atoms in total. The van der Waals surface area contributed by atoms with Crippen molar-refractivity contribution in [1.82, 2.24) is 0 Å². The van der Waals surface area contributed by atoms with E-state index in [4.69, 9.17) is 0 Å². The summed E-state index contributed by atoms with van der Waals surface area (Å²) in [4.78, 5) is 10.3. The number of nitro benzene ring substituents is 1. The average molecular weight is 197 g/mol. The van der Waals surface area contributed by atoms with E-state index < -0.39 is 10.7 Å². The molecule has 14 heavy (non-hydrogen) atoms. The largest absolute Gasteiger partial charge is 0.278 e. The number of rotatable bonds is 3. The zero-order chi connectivity index (χ0) is 10.7. The molecule has 0 spiro atoms. The van der Waals surface area contributed by atoms with Crippen LogP contribution in [-0.4, -0.2) is 4.92 Å². The van der Waals surface area contributed by atoms with Gasteiger partial charge >= 0.3 is 0 Å². The molecule has 1 aromatic rings. The molecule has 0 atom stereocenters. The monoisotopic (exact) mass is 197 g/mol. The van der Waals surface area contributed by atoms with Gasteiger partial charge in [0.2, 0.25) is 0 Å². The van der Waals surface area contributed by atoms with Gasteiger partial charge < -0.3 is 0 Å². The minimum absolute atomic E-state index is 0.0602. The molecule has 0 aliphatic heterocycles. The van der Waals surface area contributed by atoms with Crippen molar-refractivity contribution in [2.45, 2.75) is 26.7 Å². The summed E-state index contributed by atoms with van der Waals surface area (Å²) >= 11 is 0. The molecule has 1 rings (SSSR count). The molecule has 0 aliphatic rings. The summed E-state index contributed by atoms with van der Waals surface area (Å²) in [6.45, 7) is 3.53. The molecular formula is C10H12FNO2. The molecule has 0 aromatic heterocycles. The summed E-state index contributed by atoms with van der Waals surface area (Å²) in [5.41, 5.74) is 0.734. The summed E-state index contributed by atoms with van der Waals surface area (Å²) < 4.78 is 13.2. The highest BCUT2D eigenvalue weighted by Gasteiger charge is 2.20. The standard InChI is InChI=1S/C10H12FNO2/c1-3-7-5-6-9(11)8(4-2)10(7)12(13)14/h5-6H,3-4H2,1-2H3. The number of hydrogen-bond acceptors (Lipinski definition) is 2. The first kappa shape index (κ1) is 10.6. The predicted molar refractivity (Wildman–Crippen MR) is 51.8 cm³/mol. The SMILES string of the molecule is CCc1ccc(F)c(CC)c1[N+](=O)[O-]. The quantitative estimate of drug-likeness (QED) is 0.552. The Balaban J connectivity index is 3.43. The third-order valence-electron chi connectivity index (χ3n) is 2.23. The summed E-state index contributed by atoms with van der Waals surface area (Å²) in [6, 6.07) is 2.78. The van der Waals surface area contributed by atoms with E-state index >= 15 is 0 Å². The van der Waals surface area contributed by atoms with Gasteiger partial charge in [0.25, 0.3) is 5.69 Å². The molecule has 0 saturated carbocycles. The van der Waals surface area contributed by atoms with E-state index in [0.717, 1.165) is 0 Å². The van der Waals surface area contributed by atoms with Crippen LogP contribution in [0.25, 0.3) is 0 Å². The highest BCUT2D eigenvalue weighted by atomic mass is 19.1. The second-order valence-electron chi connectivity index (χ2n) is 3.00. The maximum atomic E-state index is 13.2. The maximum Gasteiger partial charge on any atom is 0.278 e. The second-order valence-corrected chi connectivity index (χ2v) is 3.00. The van der Waals surface area contributed by atoms with E-state index in [1.165, 1.54) is 12.1 Å². The minimum Gasteiger partial charge on any atom is -0.258 e. The summed E-state index contributed by atoms with van der Waals surface area (Å²) in [6.07, 6.45) is 0.888. The van der Waals surface area contributed by atoms with Crippen LogP contribution in [0.3, 0.4) is 0 Å². The first-order valence-corrected chi connectivity index (χ1v) is 4.56. The summed E-state index contributed by atoms with van der Waals surface area (Å²) in [7, 11) is 0. The Labute approximate surface area is 81.7 Å². The van der Waals surface area contributed by atoms with Crippen molar-refractivity contribution in [2.75, 3.05) is 0 Å². The Bertz CT molecular complexity index is 363. The molecule has 0 amide bonds. The van der Waals surface area contributed by atoms with Crippen molar-refractivity contribution in [1.29, 1.82) is 0 Å². The van der Waals surface area contributed by atoms with Gasteiger partial charge in [0.15, 0.2) is 0 Å². The van der Waals surface area contributed by atoms with Crippen molar-refractivity contribution < 1.29 is 9.31 Å². The fourth-order valence-corrected chi connectivity index (χ4v) is 1.51. The van der Waals surface area contributed by atoms with Gasteiger partial charge in [0, 0.05) is 5.56 Å². The van der Waals surface area contributed by atoms with E-state index in [2.05, 4.69) is 0 Å². The molecule has 0 unspecified atom stereocenters. The van der Waals surface area contributed by atoms with Gasteiger partial charge in [-0.3, -0.25) is 10.1 Å². The Morgan fingerprint density at radius 3 is 2.43 bits per heavy atom. The van der Waals surface area contributed by atoms with Crippen LogP contribution in [0.2, 0.25) is 0 Å². The van der Waals surface area contributed by atoms with Gasteiger partial charge in [-0.1, -0.05) is 13.8 Å². The van der Waals surface area contributed by atoms with Crippen molar-refractivity contribution in [3.63, 3.8) is 0 Å². The molecule has 0 N–H and O–H groups in total. The topological polar surface area (TPSA) is 43.1 Å². The van der Waals surface area contributed by atoms with Crippen LogP contribution in [0.5, 0.6) is 0 Å². The van der Waals surface area contributed by atoms with Gasteiger partial charge in [0.05, 0.1) is 10.5 Å². The van der Waals surface area contributed by atoms with Crippen molar-refractivity contribution in [2.24, 2.45) is 0 Å². The lowest BCUT2D eigenvalue weighted by Crippen LogP contribution is -2.01. The molecule has 1 aromatic carbocycles. The van der Waals surface area contributed by atoms with Crippen LogP contribution >= 0.6 is 0 Å². The number of nitro groups is 1. The van der Waals surface area contributed by atoms with E-state index in [1.54, 1.807) is 6.92 Å². The molecule has 0 saturated heterocycles.